The van der Waals surface area contributed by atoms with Crippen molar-refractivity contribution in [3.8, 4) is 28.7 Å². The van der Waals surface area contributed by atoms with Gasteiger partial charge >= 0.3 is 5.97 Å². The molecule has 1 atom stereocenters. The summed E-state index contributed by atoms with van der Waals surface area (Å²) in [6, 6.07) is 7.43. The predicted octanol–water partition coefficient (Wildman–Crippen LogP) is 4.95. The van der Waals surface area contributed by atoms with Crippen LogP contribution < -0.4 is 23.7 Å². The maximum Gasteiger partial charge on any atom is 0.307 e. The summed E-state index contributed by atoms with van der Waals surface area (Å²) in [7, 11) is 4.66. The molecule has 0 saturated carbocycles. The number of hydrogen-bond acceptors (Lipinski definition) is 7. The summed E-state index contributed by atoms with van der Waals surface area (Å²) in [5, 5.41) is 0. The number of carbonyl (C=O) groups excluding carboxylic acids is 1. The summed E-state index contributed by atoms with van der Waals surface area (Å²) < 4.78 is 33.3. The van der Waals surface area contributed by atoms with Crippen LogP contribution in [-0.4, -0.2) is 39.7 Å². The molecule has 32 heavy (non-hydrogen) atoms. The average molecular weight is 443 g/mol. The summed E-state index contributed by atoms with van der Waals surface area (Å²) in [5.41, 5.74) is 1.88. The van der Waals surface area contributed by atoms with Crippen molar-refractivity contribution >= 4 is 12.0 Å². The quantitative estimate of drug-likeness (QED) is 0.536. The lowest BCUT2D eigenvalue weighted by atomic mass is 9.85. The van der Waals surface area contributed by atoms with Crippen molar-refractivity contribution in [2.75, 3.05) is 28.1 Å². The molecule has 0 aliphatic carbocycles. The molecule has 0 saturated heterocycles. The van der Waals surface area contributed by atoms with Crippen molar-refractivity contribution in [3.63, 3.8) is 0 Å². The van der Waals surface area contributed by atoms with E-state index in [0.717, 1.165) is 16.7 Å². The van der Waals surface area contributed by atoms with Crippen LogP contribution in [-0.2, 0) is 9.53 Å². The summed E-state index contributed by atoms with van der Waals surface area (Å²) in [4.78, 5) is 12.9. The first kappa shape index (κ1) is 23.3. The van der Waals surface area contributed by atoms with Crippen molar-refractivity contribution in [1.29, 1.82) is 0 Å². The minimum absolute atomic E-state index is 0.0936. The number of methoxy groups -OCH3 is 3. The third-order valence-corrected chi connectivity index (χ3v) is 5.05. The van der Waals surface area contributed by atoms with E-state index in [-0.39, 0.29) is 25.1 Å². The molecule has 1 unspecified atom stereocenters. The van der Waals surface area contributed by atoms with Crippen molar-refractivity contribution < 1.29 is 33.2 Å². The van der Waals surface area contributed by atoms with E-state index in [0.29, 0.717) is 28.7 Å². The van der Waals surface area contributed by atoms with Crippen LogP contribution in [0.4, 0.5) is 0 Å². The lowest BCUT2D eigenvalue weighted by Crippen LogP contribution is -2.25. The number of carbonyl (C=O) groups is 1. The smallest absolute Gasteiger partial charge is 0.307 e. The molecule has 1 heterocycles. The van der Waals surface area contributed by atoms with Gasteiger partial charge in [0.2, 0.25) is 12.5 Å². The van der Waals surface area contributed by atoms with Gasteiger partial charge in [-0.15, -0.1) is 0 Å². The molecule has 1 aliphatic rings. The van der Waals surface area contributed by atoms with Crippen molar-refractivity contribution in [2.45, 2.75) is 38.7 Å². The van der Waals surface area contributed by atoms with Crippen LogP contribution in [0.25, 0.3) is 6.08 Å². The monoisotopic (exact) mass is 442 g/mol. The first-order chi connectivity index (χ1) is 15.2. The highest BCUT2D eigenvalue weighted by Gasteiger charge is 2.29. The molecule has 0 amide bonds. The second-order valence-corrected chi connectivity index (χ2v) is 8.34. The minimum atomic E-state index is -0.604. The van der Waals surface area contributed by atoms with E-state index in [1.165, 1.54) is 0 Å². The average Bonchev–Trinajstić information content (AvgIpc) is 3.21. The Labute approximate surface area is 188 Å². The number of hydrogen-bond donors (Lipinski definition) is 0. The van der Waals surface area contributed by atoms with E-state index in [4.69, 9.17) is 28.4 Å². The molecule has 1 aliphatic heterocycles. The Hall–Kier alpha value is -3.35. The summed E-state index contributed by atoms with van der Waals surface area (Å²) in [6.07, 6.45) is 1.83. The molecule has 172 valence electrons. The van der Waals surface area contributed by atoms with Crippen molar-refractivity contribution in [2.24, 2.45) is 0 Å². The maximum atomic E-state index is 12.9. The number of fused-ring (bicyclic) bond motifs is 1. The van der Waals surface area contributed by atoms with E-state index in [9.17, 15) is 4.79 Å². The number of esters is 1. The van der Waals surface area contributed by atoms with Gasteiger partial charge in [-0.1, -0.05) is 12.7 Å². The second-order valence-electron chi connectivity index (χ2n) is 8.34. The molecular formula is C25H30O7. The standard InChI is InChI=1S/C25H30O7/c1-8-15-9-19-20(31-14-30-19)12-17(15)18(13-23(26)32-25(2,3)4)16-10-21(27-5)24(29-7)22(11-16)28-6/h8-12,18H,1,13-14H2,2-7H3. The topological polar surface area (TPSA) is 72.5 Å². The number of rotatable bonds is 8. The summed E-state index contributed by atoms with van der Waals surface area (Å²) in [6.45, 7) is 9.62. The molecule has 2 aromatic carbocycles. The van der Waals surface area contributed by atoms with Crippen LogP contribution in [0.15, 0.2) is 30.8 Å². The van der Waals surface area contributed by atoms with Gasteiger partial charge in [0.25, 0.3) is 0 Å². The van der Waals surface area contributed by atoms with Gasteiger partial charge in [0, 0.05) is 5.92 Å². The summed E-state index contributed by atoms with van der Waals surface area (Å²) >= 11 is 0. The van der Waals surface area contributed by atoms with Gasteiger partial charge in [0.1, 0.15) is 5.60 Å². The van der Waals surface area contributed by atoms with Gasteiger partial charge in [-0.05, 0) is 61.7 Å². The Morgan fingerprint density at radius 1 is 1.03 bits per heavy atom. The molecule has 0 N–H and O–H groups in total. The van der Waals surface area contributed by atoms with E-state index < -0.39 is 5.60 Å². The van der Waals surface area contributed by atoms with Crippen LogP contribution in [0.5, 0.6) is 28.7 Å². The summed E-state index contributed by atoms with van der Waals surface area (Å²) in [5.74, 6) is 2.01. The fourth-order valence-electron chi connectivity index (χ4n) is 3.71. The van der Waals surface area contributed by atoms with Gasteiger partial charge in [0.05, 0.1) is 27.8 Å². The van der Waals surface area contributed by atoms with Crippen molar-refractivity contribution in [1.82, 2.24) is 0 Å². The van der Waals surface area contributed by atoms with Gasteiger partial charge < -0.3 is 28.4 Å². The van der Waals surface area contributed by atoms with Gasteiger partial charge in [-0.3, -0.25) is 4.79 Å². The lowest BCUT2D eigenvalue weighted by molar-refractivity contribution is -0.155. The Bertz CT molecular complexity index is 979. The maximum absolute atomic E-state index is 12.9. The highest BCUT2D eigenvalue weighted by molar-refractivity contribution is 5.74. The Kier molecular flexibility index (Phi) is 6.87. The van der Waals surface area contributed by atoms with Gasteiger partial charge in [-0.25, -0.2) is 0 Å². The van der Waals surface area contributed by atoms with E-state index >= 15 is 0 Å². The largest absolute Gasteiger partial charge is 0.493 e. The molecular weight excluding hydrogens is 412 g/mol. The lowest BCUT2D eigenvalue weighted by Gasteiger charge is -2.25. The molecule has 2 aromatic rings. The molecule has 7 heteroatoms. The van der Waals surface area contributed by atoms with Gasteiger partial charge in [0.15, 0.2) is 23.0 Å². The molecule has 0 spiro atoms. The highest BCUT2D eigenvalue weighted by Crippen LogP contribution is 2.45. The Morgan fingerprint density at radius 3 is 2.12 bits per heavy atom. The molecule has 0 aromatic heterocycles. The zero-order chi connectivity index (χ0) is 23.5. The number of ether oxygens (including phenoxy) is 6. The predicted molar refractivity (Wildman–Crippen MR) is 121 cm³/mol. The van der Waals surface area contributed by atoms with Crippen LogP contribution in [0.2, 0.25) is 0 Å². The fraction of sp³-hybridized carbons (Fsp3) is 0.400. The second kappa shape index (κ2) is 9.42. The molecule has 0 fully saturated rings. The number of benzene rings is 2. The Balaban J connectivity index is 2.17. The SMILES string of the molecule is C=Cc1cc2c(cc1C(CC(=O)OC(C)(C)C)c1cc(OC)c(OC)c(OC)c1)OCO2. The zero-order valence-corrected chi connectivity index (χ0v) is 19.4. The molecule has 0 bridgehead atoms. The van der Waals surface area contributed by atoms with Crippen LogP contribution in [0, 0.1) is 0 Å². The van der Waals surface area contributed by atoms with Crippen molar-refractivity contribution in [3.05, 3.63) is 47.5 Å². The van der Waals surface area contributed by atoms with Crippen LogP contribution >= 0.6 is 0 Å². The molecule has 7 nitrogen and oxygen atoms in total. The highest BCUT2D eigenvalue weighted by atomic mass is 16.7. The van der Waals surface area contributed by atoms with Crippen LogP contribution in [0.3, 0.4) is 0 Å². The van der Waals surface area contributed by atoms with E-state index in [1.807, 2.05) is 45.0 Å². The first-order valence-corrected chi connectivity index (χ1v) is 10.3. The third kappa shape index (κ3) is 4.93. The zero-order valence-electron chi connectivity index (χ0n) is 19.4. The normalized spacial score (nSPS) is 13.3. The molecule has 0 radical (unpaired) electrons. The minimum Gasteiger partial charge on any atom is -0.493 e. The van der Waals surface area contributed by atoms with E-state index in [1.54, 1.807) is 27.4 Å². The fourth-order valence-corrected chi connectivity index (χ4v) is 3.71. The molecule has 3 rings (SSSR count). The third-order valence-electron chi connectivity index (χ3n) is 5.05. The van der Waals surface area contributed by atoms with Gasteiger partial charge in [-0.2, -0.15) is 0 Å². The van der Waals surface area contributed by atoms with Crippen LogP contribution in [0.1, 0.15) is 49.8 Å². The first-order valence-electron chi connectivity index (χ1n) is 10.3. The Morgan fingerprint density at radius 2 is 1.62 bits per heavy atom. The van der Waals surface area contributed by atoms with E-state index in [2.05, 4.69) is 6.58 Å².